The number of rotatable bonds is 7. The lowest BCUT2D eigenvalue weighted by Crippen LogP contribution is -2.15. The predicted molar refractivity (Wildman–Crippen MR) is 101 cm³/mol. The van der Waals surface area contributed by atoms with Gasteiger partial charge in [-0.25, -0.2) is 9.97 Å². The van der Waals surface area contributed by atoms with Gasteiger partial charge in [-0.1, -0.05) is 0 Å². The third kappa shape index (κ3) is 4.69. The number of carbonyl (C=O) groups is 1. The summed E-state index contributed by atoms with van der Waals surface area (Å²) in [4.78, 5) is 24.8. The van der Waals surface area contributed by atoms with Crippen molar-refractivity contribution in [3.8, 4) is 11.5 Å². The number of benzene rings is 1. The van der Waals surface area contributed by atoms with Crippen LogP contribution in [0.25, 0.3) is 0 Å². The van der Waals surface area contributed by atoms with Crippen LogP contribution in [-0.2, 0) is 6.54 Å². The zero-order valence-corrected chi connectivity index (χ0v) is 15.0. The van der Waals surface area contributed by atoms with Crippen LogP contribution in [0.3, 0.4) is 0 Å². The molecular formula is C19H19N5O3. The van der Waals surface area contributed by atoms with Crippen LogP contribution >= 0.6 is 0 Å². The highest BCUT2D eigenvalue weighted by atomic mass is 16.5. The number of hydrogen-bond acceptors (Lipinski definition) is 7. The zero-order valence-electron chi connectivity index (χ0n) is 15.0. The zero-order chi connectivity index (χ0) is 19.1. The van der Waals surface area contributed by atoms with Gasteiger partial charge in [0.05, 0.1) is 32.3 Å². The van der Waals surface area contributed by atoms with Crippen molar-refractivity contribution in [1.82, 2.24) is 15.0 Å². The van der Waals surface area contributed by atoms with E-state index in [1.54, 1.807) is 37.7 Å². The molecule has 0 radical (unpaired) electrons. The molecule has 0 saturated heterocycles. The second-order valence-electron chi connectivity index (χ2n) is 5.52. The molecule has 0 bridgehead atoms. The fraction of sp³-hybridized carbons (Fsp3) is 0.158. The number of anilines is 2. The fourth-order valence-electron chi connectivity index (χ4n) is 2.33. The van der Waals surface area contributed by atoms with E-state index in [9.17, 15) is 4.79 Å². The Morgan fingerprint density at radius 1 is 1.04 bits per heavy atom. The second kappa shape index (κ2) is 8.61. The van der Waals surface area contributed by atoms with Crippen molar-refractivity contribution in [1.29, 1.82) is 0 Å². The van der Waals surface area contributed by atoms with E-state index in [4.69, 9.17) is 9.47 Å². The van der Waals surface area contributed by atoms with Gasteiger partial charge in [0.15, 0.2) is 0 Å². The van der Waals surface area contributed by atoms with E-state index in [1.165, 1.54) is 19.5 Å². The average Bonchev–Trinajstić information content (AvgIpc) is 2.73. The van der Waals surface area contributed by atoms with Gasteiger partial charge in [-0.05, 0) is 29.8 Å². The van der Waals surface area contributed by atoms with Gasteiger partial charge in [0.25, 0.3) is 5.91 Å². The van der Waals surface area contributed by atoms with Crippen molar-refractivity contribution in [2.75, 3.05) is 24.9 Å². The van der Waals surface area contributed by atoms with Crippen molar-refractivity contribution in [2.45, 2.75) is 6.54 Å². The Hall–Kier alpha value is -3.68. The van der Waals surface area contributed by atoms with Crippen LogP contribution in [0.1, 0.15) is 16.1 Å². The summed E-state index contributed by atoms with van der Waals surface area (Å²) in [6.07, 6.45) is 6.38. The van der Waals surface area contributed by atoms with E-state index >= 15 is 0 Å². The molecule has 0 saturated carbocycles. The molecule has 0 aliphatic heterocycles. The first-order valence-electron chi connectivity index (χ1n) is 8.18. The lowest BCUT2D eigenvalue weighted by atomic mass is 10.2. The van der Waals surface area contributed by atoms with Gasteiger partial charge in [0.2, 0.25) is 0 Å². The summed E-state index contributed by atoms with van der Waals surface area (Å²) in [6, 6.07) is 8.95. The van der Waals surface area contributed by atoms with Crippen LogP contribution < -0.4 is 20.1 Å². The summed E-state index contributed by atoms with van der Waals surface area (Å²) in [6.45, 7) is 0.587. The molecule has 1 amide bonds. The molecule has 0 aliphatic carbocycles. The SMILES string of the molecule is COc1ccc(OC)c(NC(=O)c2cnc(NCc3ccncc3)cn2)c1. The number of ether oxygens (including phenoxy) is 2. The van der Waals surface area contributed by atoms with E-state index in [0.29, 0.717) is 29.5 Å². The first-order chi connectivity index (χ1) is 13.2. The third-order valence-corrected chi connectivity index (χ3v) is 3.76. The molecule has 3 rings (SSSR count). The van der Waals surface area contributed by atoms with Crippen LogP contribution in [0.4, 0.5) is 11.5 Å². The van der Waals surface area contributed by atoms with E-state index in [2.05, 4.69) is 25.6 Å². The standard InChI is InChI=1S/C19H19N5O3/c1-26-14-3-4-17(27-2)15(9-14)24-19(25)16-11-23-18(12-21-16)22-10-13-5-7-20-8-6-13/h3-9,11-12H,10H2,1-2H3,(H,22,23)(H,24,25). The van der Waals surface area contributed by atoms with E-state index in [-0.39, 0.29) is 5.69 Å². The Morgan fingerprint density at radius 2 is 1.85 bits per heavy atom. The van der Waals surface area contributed by atoms with Crippen molar-refractivity contribution in [2.24, 2.45) is 0 Å². The molecule has 138 valence electrons. The highest BCUT2D eigenvalue weighted by Gasteiger charge is 2.12. The number of amides is 1. The Labute approximate surface area is 156 Å². The second-order valence-corrected chi connectivity index (χ2v) is 5.52. The number of hydrogen-bond donors (Lipinski definition) is 2. The minimum Gasteiger partial charge on any atom is -0.497 e. The van der Waals surface area contributed by atoms with Crippen molar-refractivity contribution < 1.29 is 14.3 Å². The molecule has 0 aliphatic rings. The molecule has 8 nitrogen and oxygen atoms in total. The van der Waals surface area contributed by atoms with Crippen molar-refractivity contribution >= 4 is 17.4 Å². The van der Waals surface area contributed by atoms with Gasteiger partial charge in [-0.2, -0.15) is 0 Å². The van der Waals surface area contributed by atoms with Crippen molar-refractivity contribution in [3.05, 3.63) is 66.4 Å². The molecule has 3 aromatic rings. The van der Waals surface area contributed by atoms with Crippen LogP contribution in [0.5, 0.6) is 11.5 Å². The third-order valence-electron chi connectivity index (χ3n) is 3.76. The largest absolute Gasteiger partial charge is 0.497 e. The lowest BCUT2D eigenvalue weighted by Gasteiger charge is -2.11. The first-order valence-corrected chi connectivity index (χ1v) is 8.18. The van der Waals surface area contributed by atoms with Crippen molar-refractivity contribution in [3.63, 3.8) is 0 Å². The Bertz CT molecular complexity index is 901. The van der Waals surface area contributed by atoms with Gasteiger partial charge < -0.3 is 20.1 Å². The number of nitrogens with one attached hydrogen (secondary N) is 2. The average molecular weight is 365 g/mol. The van der Waals surface area contributed by atoms with Gasteiger partial charge in [0, 0.05) is 25.0 Å². The lowest BCUT2D eigenvalue weighted by molar-refractivity contribution is 0.102. The molecule has 2 N–H and O–H groups in total. The summed E-state index contributed by atoms with van der Waals surface area (Å²) < 4.78 is 10.4. The van der Waals surface area contributed by atoms with Gasteiger partial charge in [-0.15, -0.1) is 0 Å². The molecule has 2 heterocycles. The van der Waals surface area contributed by atoms with Crippen LogP contribution in [0.15, 0.2) is 55.1 Å². The Kier molecular flexibility index (Phi) is 5.78. The predicted octanol–water partition coefficient (Wildman–Crippen LogP) is 2.75. The first kappa shape index (κ1) is 18.1. The Balaban J connectivity index is 1.65. The molecule has 2 aromatic heterocycles. The highest BCUT2D eigenvalue weighted by Crippen LogP contribution is 2.29. The molecule has 0 fully saturated rings. The quantitative estimate of drug-likeness (QED) is 0.664. The van der Waals surface area contributed by atoms with Gasteiger partial charge >= 0.3 is 0 Å². The maximum absolute atomic E-state index is 12.4. The topological polar surface area (TPSA) is 98.3 Å². The molecule has 27 heavy (non-hydrogen) atoms. The molecule has 0 atom stereocenters. The minimum atomic E-state index is -0.394. The summed E-state index contributed by atoms with van der Waals surface area (Å²) in [5, 5.41) is 5.90. The molecule has 1 aromatic carbocycles. The summed E-state index contributed by atoms with van der Waals surface area (Å²) in [5.41, 5.74) is 1.75. The number of pyridine rings is 1. The maximum Gasteiger partial charge on any atom is 0.275 e. The van der Waals surface area contributed by atoms with E-state index in [0.717, 1.165) is 5.56 Å². The summed E-state index contributed by atoms with van der Waals surface area (Å²) in [7, 11) is 3.08. The van der Waals surface area contributed by atoms with Crippen LogP contribution in [0.2, 0.25) is 0 Å². The summed E-state index contributed by atoms with van der Waals surface area (Å²) >= 11 is 0. The van der Waals surface area contributed by atoms with E-state index in [1.807, 2.05) is 12.1 Å². The van der Waals surface area contributed by atoms with Gasteiger partial charge in [-0.3, -0.25) is 9.78 Å². The van der Waals surface area contributed by atoms with E-state index < -0.39 is 5.91 Å². The maximum atomic E-state index is 12.4. The Morgan fingerprint density at radius 3 is 2.52 bits per heavy atom. The molecule has 0 unspecified atom stereocenters. The highest BCUT2D eigenvalue weighted by molar-refractivity contribution is 6.03. The molecule has 8 heteroatoms. The normalized spacial score (nSPS) is 10.1. The van der Waals surface area contributed by atoms with Gasteiger partial charge in [0.1, 0.15) is 23.0 Å². The number of carbonyl (C=O) groups excluding carboxylic acids is 1. The number of aromatic nitrogens is 3. The minimum absolute atomic E-state index is 0.189. The van der Waals surface area contributed by atoms with Crippen LogP contribution in [0, 0.1) is 0 Å². The monoisotopic (exact) mass is 365 g/mol. The number of methoxy groups -OCH3 is 2. The molecule has 0 spiro atoms. The summed E-state index contributed by atoms with van der Waals surface area (Å²) in [5.74, 6) is 1.30. The fourth-order valence-corrected chi connectivity index (χ4v) is 2.33. The van der Waals surface area contributed by atoms with Crippen LogP contribution in [-0.4, -0.2) is 35.1 Å². The number of nitrogens with zero attached hydrogens (tertiary/aromatic N) is 3. The molecular weight excluding hydrogens is 346 g/mol. The smallest absolute Gasteiger partial charge is 0.275 e.